The Morgan fingerprint density at radius 3 is 2.39 bits per heavy atom. The number of alkyl halides is 5. The number of anilines is 1. The molecule has 2 aromatic heterocycles. The Morgan fingerprint density at radius 2 is 1.74 bits per heavy atom. The van der Waals surface area contributed by atoms with Crippen molar-refractivity contribution in [2.24, 2.45) is 0 Å². The molecule has 0 bridgehead atoms. The lowest BCUT2D eigenvalue weighted by Crippen LogP contribution is -2.35. The number of aromatic amines is 1. The van der Waals surface area contributed by atoms with E-state index < -0.39 is 29.8 Å². The van der Waals surface area contributed by atoms with Gasteiger partial charge in [0, 0.05) is 18.2 Å². The maximum Gasteiger partial charge on any atom is 0.416 e. The van der Waals surface area contributed by atoms with Crippen LogP contribution in [-0.2, 0) is 12.1 Å². The van der Waals surface area contributed by atoms with Crippen molar-refractivity contribution in [3.8, 4) is 0 Å². The molecule has 0 aliphatic rings. The minimum absolute atomic E-state index is 0.0184. The van der Waals surface area contributed by atoms with Crippen LogP contribution in [0, 0.1) is 0 Å². The zero-order valence-corrected chi connectivity index (χ0v) is 17.0. The molecule has 11 heteroatoms. The van der Waals surface area contributed by atoms with Gasteiger partial charge in [0.1, 0.15) is 12.1 Å². The van der Waals surface area contributed by atoms with E-state index in [0.717, 1.165) is 23.9 Å². The molecule has 0 amide bonds. The molecular formula is C20H23F5N6. The van der Waals surface area contributed by atoms with Crippen molar-refractivity contribution in [2.45, 2.75) is 37.9 Å². The van der Waals surface area contributed by atoms with E-state index in [2.05, 4.69) is 25.5 Å². The predicted molar refractivity (Wildman–Crippen MR) is 107 cm³/mol. The number of nitrogens with one attached hydrogen (secondary N) is 2. The first-order valence-corrected chi connectivity index (χ1v) is 9.75. The molecule has 1 aromatic carbocycles. The molecule has 0 spiro atoms. The molecule has 2 heterocycles. The summed E-state index contributed by atoms with van der Waals surface area (Å²) in [6, 6.07) is 3.00. The van der Waals surface area contributed by atoms with Crippen molar-refractivity contribution in [2.75, 3.05) is 25.5 Å². The number of hydrogen-bond donors (Lipinski definition) is 2. The summed E-state index contributed by atoms with van der Waals surface area (Å²) in [5, 5.41) is 10.7. The van der Waals surface area contributed by atoms with Crippen LogP contribution in [0.4, 0.5) is 27.8 Å². The molecular weight excluding hydrogens is 419 g/mol. The van der Waals surface area contributed by atoms with Crippen LogP contribution in [0.1, 0.15) is 30.9 Å². The molecule has 0 saturated heterocycles. The van der Waals surface area contributed by atoms with Gasteiger partial charge in [-0.25, -0.2) is 9.97 Å². The number of benzene rings is 1. The number of H-pyrrole nitrogens is 1. The van der Waals surface area contributed by atoms with Crippen molar-refractivity contribution >= 4 is 16.9 Å². The first kappa shape index (κ1) is 22.9. The van der Waals surface area contributed by atoms with E-state index in [9.17, 15) is 22.0 Å². The van der Waals surface area contributed by atoms with Crippen molar-refractivity contribution in [3.05, 3.63) is 47.9 Å². The third-order valence-electron chi connectivity index (χ3n) is 5.04. The highest BCUT2D eigenvalue weighted by atomic mass is 19.4. The lowest BCUT2D eigenvalue weighted by Gasteiger charge is -2.26. The fourth-order valence-electron chi connectivity index (χ4n) is 3.24. The molecule has 1 atom stereocenters. The normalized spacial score (nSPS) is 13.7. The molecule has 0 aliphatic carbocycles. The molecule has 31 heavy (non-hydrogen) atoms. The van der Waals surface area contributed by atoms with Crippen LogP contribution in [0.5, 0.6) is 0 Å². The van der Waals surface area contributed by atoms with Crippen LogP contribution in [0.25, 0.3) is 11.0 Å². The molecule has 6 nitrogen and oxygen atoms in total. The monoisotopic (exact) mass is 442 g/mol. The Morgan fingerprint density at radius 1 is 1.06 bits per heavy atom. The summed E-state index contributed by atoms with van der Waals surface area (Å²) in [5.41, 5.74) is -0.796. The number of aromatic nitrogens is 4. The minimum atomic E-state index is -4.56. The second kappa shape index (κ2) is 9.13. The average molecular weight is 442 g/mol. The van der Waals surface area contributed by atoms with Gasteiger partial charge in [0.15, 0.2) is 5.65 Å². The molecule has 3 aromatic rings. The number of rotatable bonds is 9. The fraction of sp³-hybridized carbons (Fsp3) is 0.450. The summed E-state index contributed by atoms with van der Waals surface area (Å²) in [7, 11) is 1.56. The standard InChI is InChI=1S/C20H23F5N6/c1-3-15(29-17-16-10-28-30-18(16)27-12-26-17)8-9-31(2)11-19(21,22)13-4-6-14(7-5-13)20(23,24)25/h4-7,10,12,15H,3,8-9,11H2,1-2H3,(H2,26,27,28,29,30). The van der Waals surface area contributed by atoms with Crippen LogP contribution in [-0.4, -0.2) is 51.2 Å². The Labute approximate surface area is 175 Å². The second-order valence-corrected chi connectivity index (χ2v) is 7.41. The highest BCUT2D eigenvalue weighted by molar-refractivity contribution is 5.85. The highest BCUT2D eigenvalue weighted by Gasteiger charge is 2.35. The number of fused-ring (bicyclic) bond motifs is 1. The maximum atomic E-state index is 14.6. The van der Waals surface area contributed by atoms with Crippen molar-refractivity contribution in [1.82, 2.24) is 25.1 Å². The quantitative estimate of drug-likeness (QED) is 0.471. The van der Waals surface area contributed by atoms with Gasteiger partial charge in [-0.1, -0.05) is 19.1 Å². The summed E-state index contributed by atoms with van der Waals surface area (Å²) in [5.74, 6) is -2.66. The number of hydrogen-bond acceptors (Lipinski definition) is 5. The van der Waals surface area contributed by atoms with Gasteiger partial charge in [-0.15, -0.1) is 0 Å². The highest BCUT2D eigenvalue weighted by Crippen LogP contribution is 2.33. The van der Waals surface area contributed by atoms with Gasteiger partial charge in [-0.05, 0) is 32.0 Å². The lowest BCUT2D eigenvalue weighted by molar-refractivity contribution is -0.137. The van der Waals surface area contributed by atoms with Crippen molar-refractivity contribution in [3.63, 3.8) is 0 Å². The van der Waals surface area contributed by atoms with E-state index in [-0.39, 0.29) is 6.04 Å². The van der Waals surface area contributed by atoms with E-state index >= 15 is 0 Å². The van der Waals surface area contributed by atoms with E-state index in [1.54, 1.807) is 13.2 Å². The first-order chi connectivity index (χ1) is 14.6. The van der Waals surface area contributed by atoms with Gasteiger partial charge in [0.2, 0.25) is 0 Å². The molecule has 0 fully saturated rings. The van der Waals surface area contributed by atoms with Crippen LogP contribution in [0.3, 0.4) is 0 Å². The molecule has 0 aliphatic heterocycles. The lowest BCUT2D eigenvalue weighted by atomic mass is 10.0. The van der Waals surface area contributed by atoms with E-state index in [0.29, 0.717) is 36.6 Å². The zero-order chi connectivity index (χ0) is 22.6. The Hall–Kier alpha value is -2.82. The fourth-order valence-corrected chi connectivity index (χ4v) is 3.24. The minimum Gasteiger partial charge on any atom is -0.367 e. The van der Waals surface area contributed by atoms with Crippen LogP contribution in [0.2, 0.25) is 0 Å². The Kier molecular flexibility index (Phi) is 6.73. The topological polar surface area (TPSA) is 69.7 Å². The third-order valence-corrected chi connectivity index (χ3v) is 5.04. The Balaban J connectivity index is 1.57. The first-order valence-electron chi connectivity index (χ1n) is 9.75. The van der Waals surface area contributed by atoms with Gasteiger partial charge >= 0.3 is 6.18 Å². The van der Waals surface area contributed by atoms with E-state index in [1.165, 1.54) is 11.2 Å². The van der Waals surface area contributed by atoms with Crippen LogP contribution >= 0.6 is 0 Å². The van der Waals surface area contributed by atoms with Crippen LogP contribution < -0.4 is 5.32 Å². The van der Waals surface area contributed by atoms with Gasteiger partial charge < -0.3 is 10.2 Å². The zero-order valence-electron chi connectivity index (χ0n) is 17.0. The van der Waals surface area contributed by atoms with Gasteiger partial charge in [0.25, 0.3) is 5.92 Å². The van der Waals surface area contributed by atoms with Gasteiger partial charge in [-0.2, -0.15) is 27.1 Å². The number of halogens is 5. The summed E-state index contributed by atoms with van der Waals surface area (Å²) in [6.07, 6.45) is -0.224. The van der Waals surface area contributed by atoms with Crippen LogP contribution in [0.15, 0.2) is 36.8 Å². The Bertz CT molecular complexity index is 986. The van der Waals surface area contributed by atoms with Crippen molar-refractivity contribution < 1.29 is 22.0 Å². The number of likely N-dealkylation sites (N-methyl/N-ethyl adjacent to an activating group) is 1. The summed E-state index contributed by atoms with van der Waals surface area (Å²) in [6.45, 7) is 1.73. The molecule has 1 unspecified atom stereocenters. The molecule has 0 radical (unpaired) electrons. The molecule has 2 N–H and O–H groups in total. The third kappa shape index (κ3) is 5.66. The van der Waals surface area contributed by atoms with E-state index in [4.69, 9.17) is 0 Å². The van der Waals surface area contributed by atoms with E-state index in [1.807, 2.05) is 6.92 Å². The maximum absolute atomic E-state index is 14.6. The summed E-state index contributed by atoms with van der Waals surface area (Å²) < 4.78 is 67.1. The second-order valence-electron chi connectivity index (χ2n) is 7.41. The summed E-state index contributed by atoms with van der Waals surface area (Å²) in [4.78, 5) is 9.76. The number of nitrogens with zero attached hydrogens (tertiary/aromatic N) is 4. The smallest absolute Gasteiger partial charge is 0.367 e. The summed E-state index contributed by atoms with van der Waals surface area (Å²) >= 11 is 0. The van der Waals surface area contributed by atoms with Gasteiger partial charge in [-0.3, -0.25) is 5.10 Å². The van der Waals surface area contributed by atoms with Crippen molar-refractivity contribution in [1.29, 1.82) is 0 Å². The average Bonchev–Trinajstić information content (AvgIpc) is 3.20. The predicted octanol–water partition coefficient (Wildman–Crippen LogP) is 4.68. The largest absolute Gasteiger partial charge is 0.416 e. The SMILES string of the molecule is CCC(CCN(C)CC(F)(F)c1ccc(C(F)(F)F)cc1)Nc1ncnc2[nH]ncc12. The van der Waals surface area contributed by atoms with Gasteiger partial charge in [0.05, 0.1) is 23.7 Å². The molecule has 168 valence electrons. The molecule has 3 rings (SSSR count). The molecule has 0 saturated carbocycles.